The molecular weight excluding hydrogens is 410 g/mol. The highest BCUT2D eigenvalue weighted by molar-refractivity contribution is 5.83. The van der Waals surface area contributed by atoms with E-state index >= 15 is 0 Å². The van der Waals surface area contributed by atoms with E-state index in [-0.39, 0.29) is 6.04 Å². The Hall–Kier alpha value is -3.03. The first-order chi connectivity index (χ1) is 15.6. The number of nitrogens with one attached hydrogen (secondary N) is 1. The van der Waals surface area contributed by atoms with Crippen LogP contribution in [-0.4, -0.2) is 61.2 Å². The summed E-state index contributed by atoms with van der Waals surface area (Å²) in [6, 6.07) is 10.2. The Bertz CT molecular complexity index is 1150. The molecule has 0 amide bonds. The maximum Gasteiger partial charge on any atom is 0.167 e. The SMILES string of the molecule is C#CC1OC(n2cnc3c(N[C@@H]4CCC[C@]4(OC)c4ccccc4)ncnc32)C(O)[C@@H]1O. The molecule has 1 aliphatic carbocycles. The second-order valence-electron chi connectivity index (χ2n) is 8.19. The molecule has 1 aromatic carbocycles. The van der Waals surface area contributed by atoms with Crippen LogP contribution in [0.3, 0.4) is 0 Å². The number of fused-ring (bicyclic) bond motifs is 1. The zero-order chi connectivity index (χ0) is 22.3. The van der Waals surface area contributed by atoms with Crippen molar-refractivity contribution in [3.05, 3.63) is 48.5 Å². The minimum atomic E-state index is -1.20. The van der Waals surface area contributed by atoms with E-state index in [0.717, 1.165) is 24.8 Å². The van der Waals surface area contributed by atoms with Crippen molar-refractivity contribution >= 4 is 17.0 Å². The van der Waals surface area contributed by atoms with Gasteiger partial charge in [0.05, 0.1) is 12.4 Å². The van der Waals surface area contributed by atoms with Gasteiger partial charge in [0.25, 0.3) is 0 Å². The third kappa shape index (κ3) is 3.15. The van der Waals surface area contributed by atoms with Gasteiger partial charge in [0.2, 0.25) is 0 Å². The van der Waals surface area contributed by atoms with Gasteiger partial charge in [0.15, 0.2) is 23.2 Å². The Morgan fingerprint density at radius 2 is 2.03 bits per heavy atom. The third-order valence-electron chi connectivity index (χ3n) is 6.58. The van der Waals surface area contributed by atoms with Gasteiger partial charge in [-0.2, -0.15) is 0 Å². The van der Waals surface area contributed by atoms with Gasteiger partial charge in [-0.15, -0.1) is 6.42 Å². The quantitative estimate of drug-likeness (QED) is 0.518. The van der Waals surface area contributed by atoms with Gasteiger partial charge in [-0.3, -0.25) is 4.57 Å². The molecule has 3 unspecified atom stereocenters. The third-order valence-corrected chi connectivity index (χ3v) is 6.58. The number of hydrogen-bond acceptors (Lipinski definition) is 8. The number of methoxy groups -OCH3 is 1. The van der Waals surface area contributed by atoms with Crippen molar-refractivity contribution in [3.63, 3.8) is 0 Å². The first-order valence-electron chi connectivity index (χ1n) is 10.6. The standard InChI is InChI=1S/C23H25N5O4/c1-3-15-18(29)19(30)22(32-15)28-13-26-17-20(24-12-25-21(17)28)27-16-10-7-11-23(16,31-2)14-8-5-4-6-9-14/h1,4-6,8-9,12-13,15-16,18-19,22,29-30H,7,10-11H2,2H3,(H,24,25,27)/t15?,16-,18-,19?,22?,23+/m1/s1. The molecule has 0 spiro atoms. The molecule has 3 aromatic rings. The van der Waals surface area contributed by atoms with Crippen molar-refractivity contribution < 1.29 is 19.7 Å². The van der Waals surface area contributed by atoms with Crippen molar-refractivity contribution in [3.8, 4) is 12.3 Å². The van der Waals surface area contributed by atoms with Gasteiger partial charge in [-0.25, -0.2) is 15.0 Å². The molecule has 1 saturated heterocycles. The number of anilines is 1. The molecule has 5 rings (SSSR count). The van der Waals surface area contributed by atoms with Crippen molar-refractivity contribution in [2.45, 2.75) is 55.4 Å². The monoisotopic (exact) mass is 435 g/mol. The summed E-state index contributed by atoms with van der Waals surface area (Å²) < 4.78 is 13.3. The van der Waals surface area contributed by atoms with Gasteiger partial charge >= 0.3 is 0 Å². The number of imidazole rings is 1. The fraction of sp³-hybridized carbons (Fsp3) is 0.435. The smallest absolute Gasteiger partial charge is 0.167 e. The number of terminal acetylenes is 1. The second-order valence-corrected chi connectivity index (χ2v) is 8.19. The second kappa shape index (κ2) is 8.15. The minimum absolute atomic E-state index is 0.0147. The summed E-state index contributed by atoms with van der Waals surface area (Å²) in [5.74, 6) is 2.92. The number of benzene rings is 1. The molecule has 9 heteroatoms. The van der Waals surface area contributed by atoms with Crippen LogP contribution in [-0.2, 0) is 15.1 Å². The zero-order valence-electron chi connectivity index (χ0n) is 17.6. The first kappa shape index (κ1) is 20.8. The summed E-state index contributed by atoms with van der Waals surface area (Å²) in [4.78, 5) is 13.2. The van der Waals surface area contributed by atoms with E-state index in [2.05, 4.69) is 38.3 Å². The molecule has 166 valence electrons. The van der Waals surface area contributed by atoms with E-state index in [1.54, 1.807) is 11.7 Å². The molecule has 1 aliphatic heterocycles. The van der Waals surface area contributed by atoms with Crippen molar-refractivity contribution in [1.29, 1.82) is 0 Å². The highest BCUT2D eigenvalue weighted by Gasteiger charge is 2.46. The summed E-state index contributed by atoms with van der Waals surface area (Å²) in [5.41, 5.74) is 1.64. The number of rotatable bonds is 5. The fourth-order valence-corrected chi connectivity index (χ4v) is 4.93. The average Bonchev–Trinajstić information content (AvgIpc) is 3.52. The highest BCUT2D eigenvalue weighted by atomic mass is 16.6. The van der Waals surface area contributed by atoms with Crippen LogP contribution in [0, 0.1) is 12.3 Å². The predicted octanol–water partition coefficient (Wildman–Crippen LogP) is 1.58. The van der Waals surface area contributed by atoms with Gasteiger partial charge in [-0.05, 0) is 24.8 Å². The molecule has 2 aromatic heterocycles. The Balaban J connectivity index is 1.48. The van der Waals surface area contributed by atoms with Gasteiger partial charge in [0.1, 0.15) is 30.2 Å². The molecule has 2 aliphatic rings. The topological polar surface area (TPSA) is 115 Å². The fourth-order valence-electron chi connectivity index (χ4n) is 4.93. The zero-order valence-corrected chi connectivity index (χ0v) is 17.6. The van der Waals surface area contributed by atoms with E-state index in [1.807, 2.05) is 18.2 Å². The summed E-state index contributed by atoms with van der Waals surface area (Å²) in [6.45, 7) is 0. The van der Waals surface area contributed by atoms with Crippen LogP contribution in [0.1, 0.15) is 31.1 Å². The molecule has 3 N–H and O–H groups in total. The lowest BCUT2D eigenvalue weighted by Gasteiger charge is -2.35. The number of ether oxygens (including phenoxy) is 2. The van der Waals surface area contributed by atoms with Crippen LogP contribution in [0.5, 0.6) is 0 Å². The Kier molecular flexibility index (Phi) is 5.31. The molecule has 6 atom stereocenters. The van der Waals surface area contributed by atoms with Crippen LogP contribution in [0.4, 0.5) is 5.82 Å². The summed E-state index contributed by atoms with van der Waals surface area (Å²) in [7, 11) is 1.74. The summed E-state index contributed by atoms with van der Waals surface area (Å²) >= 11 is 0. The minimum Gasteiger partial charge on any atom is -0.386 e. The molecule has 1 saturated carbocycles. The van der Waals surface area contributed by atoms with E-state index in [1.165, 1.54) is 12.7 Å². The van der Waals surface area contributed by atoms with Crippen molar-refractivity contribution in [1.82, 2.24) is 19.5 Å². The average molecular weight is 435 g/mol. The molecule has 9 nitrogen and oxygen atoms in total. The predicted molar refractivity (Wildman–Crippen MR) is 116 cm³/mol. The number of aliphatic hydroxyl groups is 2. The lowest BCUT2D eigenvalue weighted by atomic mass is 9.88. The number of aliphatic hydroxyl groups excluding tert-OH is 2. The molecule has 32 heavy (non-hydrogen) atoms. The number of hydrogen-bond donors (Lipinski definition) is 3. The van der Waals surface area contributed by atoms with Gasteiger partial charge in [-0.1, -0.05) is 36.3 Å². The van der Waals surface area contributed by atoms with Crippen molar-refractivity contribution in [2.24, 2.45) is 0 Å². The van der Waals surface area contributed by atoms with E-state index in [0.29, 0.717) is 17.0 Å². The summed E-state index contributed by atoms with van der Waals surface area (Å²) in [5, 5.41) is 24.1. The van der Waals surface area contributed by atoms with E-state index in [9.17, 15) is 10.2 Å². The van der Waals surface area contributed by atoms with E-state index in [4.69, 9.17) is 15.9 Å². The lowest BCUT2D eigenvalue weighted by molar-refractivity contribution is -0.0230. The number of nitrogens with zero attached hydrogens (tertiary/aromatic N) is 4. The molecule has 2 fully saturated rings. The Morgan fingerprint density at radius 3 is 2.75 bits per heavy atom. The normalized spacial score (nSPS) is 32.2. The van der Waals surface area contributed by atoms with E-state index < -0.39 is 30.1 Å². The van der Waals surface area contributed by atoms with Crippen LogP contribution in [0.15, 0.2) is 43.0 Å². The van der Waals surface area contributed by atoms with Crippen LogP contribution in [0.25, 0.3) is 11.2 Å². The van der Waals surface area contributed by atoms with Crippen molar-refractivity contribution in [2.75, 3.05) is 12.4 Å². The highest BCUT2D eigenvalue weighted by Crippen LogP contribution is 2.43. The van der Waals surface area contributed by atoms with Crippen LogP contribution in [0.2, 0.25) is 0 Å². The Morgan fingerprint density at radius 1 is 1.22 bits per heavy atom. The lowest BCUT2D eigenvalue weighted by Crippen LogP contribution is -2.41. The summed E-state index contributed by atoms with van der Waals surface area (Å²) in [6.07, 6.45) is 6.97. The van der Waals surface area contributed by atoms with Crippen LogP contribution < -0.4 is 5.32 Å². The molecular formula is C23H25N5O4. The maximum absolute atomic E-state index is 10.4. The Labute approximate surface area is 185 Å². The molecule has 3 heterocycles. The molecule has 0 bridgehead atoms. The first-order valence-corrected chi connectivity index (χ1v) is 10.6. The van der Waals surface area contributed by atoms with Crippen LogP contribution >= 0.6 is 0 Å². The number of aromatic nitrogens is 4. The molecule has 0 radical (unpaired) electrons. The maximum atomic E-state index is 10.4. The van der Waals surface area contributed by atoms with Gasteiger partial charge < -0.3 is 25.0 Å². The van der Waals surface area contributed by atoms with Gasteiger partial charge in [0, 0.05) is 7.11 Å². The largest absolute Gasteiger partial charge is 0.386 e.